The van der Waals surface area contributed by atoms with E-state index in [1.54, 1.807) is 16.2 Å². The fourth-order valence-corrected chi connectivity index (χ4v) is 2.93. The topological polar surface area (TPSA) is 33.2 Å². The van der Waals surface area contributed by atoms with Crippen LogP contribution in [0.3, 0.4) is 0 Å². The van der Waals surface area contributed by atoms with Crippen LogP contribution in [0.4, 0.5) is 0 Å². The molecule has 0 bridgehead atoms. The number of hydrogen-bond donors (Lipinski definition) is 0. The highest BCUT2D eigenvalue weighted by molar-refractivity contribution is 7.13. The average Bonchev–Trinajstić information content (AvgIpc) is 2.93. The number of aromatic nitrogens is 1. The molecule has 0 saturated carbocycles. The lowest BCUT2D eigenvalue weighted by atomic mass is 10.1. The van der Waals surface area contributed by atoms with Gasteiger partial charge in [0.2, 0.25) is 5.91 Å². The minimum atomic E-state index is 0.143. The molecule has 2 rings (SSSR count). The third-order valence-electron chi connectivity index (χ3n) is 3.42. The predicted octanol–water partition coefficient (Wildman–Crippen LogP) is 3.92. The second-order valence-electron chi connectivity index (χ2n) is 5.36. The summed E-state index contributed by atoms with van der Waals surface area (Å²) in [6.45, 7) is 5.03. The third kappa shape index (κ3) is 4.39. The third-order valence-corrected chi connectivity index (χ3v) is 4.36. The minimum absolute atomic E-state index is 0.143. The van der Waals surface area contributed by atoms with Crippen LogP contribution in [0.15, 0.2) is 29.6 Å². The lowest BCUT2D eigenvalue weighted by Gasteiger charge is -2.15. The monoisotopic (exact) mass is 302 g/mol. The Balaban J connectivity index is 2.02. The number of amides is 1. The van der Waals surface area contributed by atoms with Gasteiger partial charge in [-0.3, -0.25) is 4.79 Å². The molecule has 0 aliphatic heterocycles. The van der Waals surface area contributed by atoms with Gasteiger partial charge in [-0.2, -0.15) is 0 Å². The second-order valence-corrected chi connectivity index (χ2v) is 6.22. The molecule has 0 fully saturated rings. The summed E-state index contributed by atoms with van der Waals surface area (Å²) in [6.07, 6.45) is 2.54. The Kier molecular flexibility index (Phi) is 5.51. The van der Waals surface area contributed by atoms with Crippen molar-refractivity contribution in [3.63, 3.8) is 0 Å². The molecule has 112 valence electrons. The van der Waals surface area contributed by atoms with E-state index >= 15 is 0 Å². The van der Waals surface area contributed by atoms with E-state index in [9.17, 15) is 4.79 Å². The van der Waals surface area contributed by atoms with Gasteiger partial charge in [0.1, 0.15) is 5.01 Å². The maximum Gasteiger partial charge on any atom is 0.228 e. The molecule has 3 nitrogen and oxygen atoms in total. The van der Waals surface area contributed by atoms with Crippen molar-refractivity contribution in [2.75, 3.05) is 13.6 Å². The van der Waals surface area contributed by atoms with Gasteiger partial charge in [0.15, 0.2) is 0 Å². The van der Waals surface area contributed by atoms with Gasteiger partial charge >= 0.3 is 0 Å². The summed E-state index contributed by atoms with van der Waals surface area (Å²) in [6, 6.07) is 8.29. The molecule has 0 aliphatic carbocycles. The lowest BCUT2D eigenvalue weighted by molar-refractivity contribution is -0.129. The second kappa shape index (κ2) is 7.36. The van der Waals surface area contributed by atoms with Crippen LogP contribution in [0.2, 0.25) is 0 Å². The normalized spacial score (nSPS) is 10.6. The van der Waals surface area contributed by atoms with Gasteiger partial charge in [0.25, 0.3) is 0 Å². The maximum atomic E-state index is 12.1. The van der Waals surface area contributed by atoms with Gasteiger partial charge in [0.05, 0.1) is 12.1 Å². The number of carbonyl (C=O) groups excluding carboxylic acids is 1. The van der Waals surface area contributed by atoms with Crippen LogP contribution in [0.5, 0.6) is 0 Å². The molecule has 1 aromatic heterocycles. The van der Waals surface area contributed by atoms with Crippen molar-refractivity contribution in [3.05, 3.63) is 40.9 Å². The SMILES string of the molecule is CCCCN(C)C(=O)Cc1csc(-c2cccc(C)c2)n1. The molecular weight excluding hydrogens is 280 g/mol. The van der Waals surface area contributed by atoms with Crippen molar-refractivity contribution in [1.82, 2.24) is 9.88 Å². The highest BCUT2D eigenvalue weighted by Gasteiger charge is 2.12. The van der Waals surface area contributed by atoms with Gasteiger partial charge in [-0.05, 0) is 19.4 Å². The van der Waals surface area contributed by atoms with Gasteiger partial charge < -0.3 is 4.90 Å². The summed E-state index contributed by atoms with van der Waals surface area (Å²) in [5.41, 5.74) is 3.21. The van der Waals surface area contributed by atoms with E-state index in [2.05, 4.69) is 37.0 Å². The van der Waals surface area contributed by atoms with Crippen LogP contribution in [0.1, 0.15) is 31.0 Å². The molecule has 1 amide bonds. The quantitative estimate of drug-likeness (QED) is 0.810. The van der Waals surface area contributed by atoms with Crippen LogP contribution in [-0.2, 0) is 11.2 Å². The molecule has 1 aromatic carbocycles. The highest BCUT2D eigenvalue weighted by Crippen LogP contribution is 2.24. The number of rotatable bonds is 6. The Labute approximate surface area is 130 Å². The zero-order valence-corrected chi connectivity index (χ0v) is 13.7. The number of likely N-dealkylation sites (N-methyl/N-ethyl adjacent to an activating group) is 1. The van der Waals surface area contributed by atoms with Gasteiger partial charge in [-0.1, -0.05) is 37.1 Å². The lowest BCUT2D eigenvalue weighted by Crippen LogP contribution is -2.29. The van der Waals surface area contributed by atoms with E-state index in [0.29, 0.717) is 6.42 Å². The number of aryl methyl sites for hydroxylation is 1. The summed E-state index contributed by atoms with van der Waals surface area (Å²) < 4.78 is 0. The Morgan fingerprint density at radius 3 is 2.90 bits per heavy atom. The van der Waals surface area contributed by atoms with Crippen molar-refractivity contribution in [3.8, 4) is 10.6 Å². The molecule has 0 atom stereocenters. The van der Waals surface area contributed by atoms with Crippen LogP contribution < -0.4 is 0 Å². The average molecular weight is 302 g/mol. The fraction of sp³-hybridized carbons (Fsp3) is 0.412. The molecule has 0 radical (unpaired) electrons. The van der Waals surface area contributed by atoms with Crippen LogP contribution in [0, 0.1) is 6.92 Å². The van der Waals surface area contributed by atoms with E-state index in [0.717, 1.165) is 35.7 Å². The van der Waals surface area contributed by atoms with Crippen LogP contribution in [-0.4, -0.2) is 29.4 Å². The summed E-state index contributed by atoms with van der Waals surface area (Å²) in [5.74, 6) is 0.143. The summed E-state index contributed by atoms with van der Waals surface area (Å²) in [7, 11) is 1.87. The van der Waals surface area contributed by atoms with Crippen molar-refractivity contribution in [1.29, 1.82) is 0 Å². The Hall–Kier alpha value is -1.68. The fourth-order valence-electron chi connectivity index (χ4n) is 2.11. The summed E-state index contributed by atoms with van der Waals surface area (Å²) >= 11 is 1.60. The van der Waals surface area contributed by atoms with E-state index in [4.69, 9.17) is 0 Å². The number of nitrogens with zero attached hydrogens (tertiary/aromatic N) is 2. The molecule has 0 aliphatic rings. The van der Waals surface area contributed by atoms with E-state index in [1.165, 1.54) is 5.56 Å². The first-order valence-electron chi connectivity index (χ1n) is 7.35. The summed E-state index contributed by atoms with van der Waals surface area (Å²) in [5, 5.41) is 2.97. The molecule has 2 aromatic rings. The standard InChI is InChI=1S/C17H22N2OS/c1-4-5-9-19(3)16(20)11-15-12-21-17(18-15)14-8-6-7-13(2)10-14/h6-8,10,12H,4-5,9,11H2,1-3H3. The number of carbonyl (C=O) groups is 1. The number of benzene rings is 1. The maximum absolute atomic E-state index is 12.1. The van der Waals surface area contributed by atoms with E-state index in [-0.39, 0.29) is 5.91 Å². The van der Waals surface area contributed by atoms with Crippen molar-refractivity contribution >= 4 is 17.2 Å². The summed E-state index contributed by atoms with van der Waals surface area (Å²) in [4.78, 5) is 18.5. The van der Waals surface area contributed by atoms with Crippen molar-refractivity contribution < 1.29 is 4.79 Å². The molecular formula is C17H22N2OS. The first-order chi connectivity index (χ1) is 10.1. The number of hydrogen-bond acceptors (Lipinski definition) is 3. The first-order valence-corrected chi connectivity index (χ1v) is 8.23. The minimum Gasteiger partial charge on any atom is -0.345 e. The molecule has 21 heavy (non-hydrogen) atoms. The Morgan fingerprint density at radius 2 is 2.19 bits per heavy atom. The van der Waals surface area contributed by atoms with Gasteiger partial charge in [-0.15, -0.1) is 11.3 Å². The molecule has 0 spiro atoms. The highest BCUT2D eigenvalue weighted by atomic mass is 32.1. The van der Waals surface area contributed by atoms with Crippen LogP contribution >= 0.6 is 11.3 Å². The van der Waals surface area contributed by atoms with Crippen molar-refractivity contribution in [2.24, 2.45) is 0 Å². The largest absolute Gasteiger partial charge is 0.345 e. The van der Waals surface area contributed by atoms with Gasteiger partial charge in [0, 0.05) is 24.5 Å². The van der Waals surface area contributed by atoms with E-state index in [1.807, 2.05) is 18.5 Å². The zero-order valence-electron chi connectivity index (χ0n) is 12.9. The molecule has 4 heteroatoms. The first kappa shape index (κ1) is 15.7. The Morgan fingerprint density at radius 1 is 1.38 bits per heavy atom. The van der Waals surface area contributed by atoms with E-state index < -0.39 is 0 Å². The molecule has 0 N–H and O–H groups in total. The molecule has 1 heterocycles. The van der Waals surface area contributed by atoms with Crippen molar-refractivity contribution in [2.45, 2.75) is 33.1 Å². The smallest absolute Gasteiger partial charge is 0.228 e. The zero-order chi connectivity index (χ0) is 15.2. The molecule has 0 saturated heterocycles. The Bertz CT molecular complexity index is 606. The van der Waals surface area contributed by atoms with Gasteiger partial charge in [-0.25, -0.2) is 4.98 Å². The van der Waals surface area contributed by atoms with Crippen LogP contribution in [0.25, 0.3) is 10.6 Å². The molecule has 0 unspecified atom stereocenters. The predicted molar refractivity (Wildman–Crippen MR) is 88.5 cm³/mol. The number of thiazole rings is 1. The number of unbranched alkanes of at least 4 members (excludes halogenated alkanes) is 1.